The van der Waals surface area contributed by atoms with Gasteiger partial charge in [0.15, 0.2) is 0 Å². The van der Waals surface area contributed by atoms with Crippen LogP contribution in [0.1, 0.15) is 12.8 Å². The van der Waals surface area contributed by atoms with Gasteiger partial charge in [0.1, 0.15) is 0 Å². The molecular formula is C12H23N3O3. The van der Waals surface area contributed by atoms with Gasteiger partial charge >= 0.3 is 0 Å². The molecule has 0 unspecified atom stereocenters. The van der Waals surface area contributed by atoms with Crippen LogP contribution in [0.3, 0.4) is 0 Å². The van der Waals surface area contributed by atoms with Gasteiger partial charge in [0.05, 0.1) is 25.9 Å². The number of morpholine rings is 1. The molecule has 0 aromatic carbocycles. The average Bonchev–Trinajstić information content (AvgIpc) is 2.46. The van der Waals surface area contributed by atoms with Crippen LogP contribution < -0.4 is 5.73 Å². The maximum absolute atomic E-state index is 11.5. The van der Waals surface area contributed by atoms with E-state index in [-0.39, 0.29) is 25.2 Å². The minimum atomic E-state index is -0.0533. The Morgan fingerprint density at radius 2 is 2.06 bits per heavy atom. The predicted octanol–water partition coefficient (Wildman–Crippen LogP) is -1.37. The van der Waals surface area contributed by atoms with Crippen LogP contribution in [0, 0.1) is 0 Å². The van der Waals surface area contributed by atoms with Crippen molar-refractivity contribution in [2.45, 2.75) is 25.0 Å². The summed E-state index contributed by atoms with van der Waals surface area (Å²) in [6.45, 7) is 4.19. The molecule has 2 aliphatic rings. The van der Waals surface area contributed by atoms with E-state index in [1.54, 1.807) is 0 Å². The molecule has 6 nitrogen and oxygen atoms in total. The van der Waals surface area contributed by atoms with E-state index in [0.717, 1.165) is 39.0 Å². The number of nitrogens with zero attached hydrogens (tertiary/aromatic N) is 2. The van der Waals surface area contributed by atoms with Crippen LogP contribution in [0.15, 0.2) is 0 Å². The van der Waals surface area contributed by atoms with E-state index in [2.05, 4.69) is 4.90 Å². The highest BCUT2D eigenvalue weighted by Crippen LogP contribution is 2.19. The number of hydrogen-bond donors (Lipinski definition) is 2. The van der Waals surface area contributed by atoms with Gasteiger partial charge < -0.3 is 20.5 Å². The van der Waals surface area contributed by atoms with Gasteiger partial charge in [0, 0.05) is 32.2 Å². The molecule has 0 bridgehead atoms. The molecule has 6 heteroatoms. The lowest BCUT2D eigenvalue weighted by molar-refractivity contribution is -0.132. The minimum absolute atomic E-state index is 0.0451. The summed E-state index contributed by atoms with van der Waals surface area (Å²) in [7, 11) is 0. The van der Waals surface area contributed by atoms with Crippen molar-refractivity contribution >= 4 is 5.91 Å². The molecule has 0 spiro atoms. The van der Waals surface area contributed by atoms with E-state index in [1.807, 2.05) is 4.90 Å². The fourth-order valence-electron chi connectivity index (χ4n) is 2.79. The summed E-state index contributed by atoms with van der Waals surface area (Å²) in [5, 5.41) is 9.14. The Morgan fingerprint density at radius 3 is 2.67 bits per heavy atom. The van der Waals surface area contributed by atoms with Crippen molar-refractivity contribution in [1.82, 2.24) is 9.80 Å². The zero-order valence-electron chi connectivity index (χ0n) is 10.8. The highest BCUT2D eigenvalue weighted by atomic mass is 16.5. The summed E-state index contributed by atoms with van der Waals surface area (Å²) in [4.78, 5) is 15.7. The van der Waals surface area contributed by atoms with Crippen LogP contribution in [0.4, 0.5) is 0 Å². The van der Waals surface area contributed by atoms with Gasteiger partial charge in [0.2, 0.25) is 5.91 Å². The molecule has 2 heterocycles. The Kier molecular flexibility index (Phi) is 4.94. The third-order valence-electron chi connectivity index (χ3n) is 3.88. The van der Waals surface area contributed by atoms with Crippen molar-refractivity contribution in [2.75, 3.05) is 45.9 Å². The number of carbonyl (C=O) groups is 1. The normalized spacial score (nSPS) is 27.4. The van der Waals surface area contributed by atoms with E-state index in [9.17, 15) is 4.79 Å². The third-order valence-corrected chi connectivity index (χ3v) is 3.88. The SMILES string of the molecule is NCC(=O)N1CCC(N2CCO[C@H](CO)C2)CC1. The lowest BCUT2D eigenvalue weighted by Crippen LogP contribution is -2.53. The second-order valence-corrected chi connectivity index (χ2v) is 4.99. The number of aliphatic hydroxyl groups is 1. The zero-order chi connectivity index (χ0) is 13.0. The number of rotatable bonds is 3. The molecule has 0 aromatic rings. The van der Waals surface area contributed by atoms with Gasteiger partial charge in [0.25, 0.3) is 0 Å². The highest BCUT2D eigenvalue weighted by Gasteiger charge is 2.29. The number of likely N-dealkylation sites (tertiary alicyclic amines) is 1. The molecule has 0 saturated carbocycles. The first-order valence-electron chi connectivity index (χ1n) is 6.69. The van der Waals surface area contributed by atoms with Crippen molar-refractivity contribution in [3.8, 4) is 0 Å². The van der Waals surface area contributed by atoms with Crippen molar-refractivity contribution < 1.29 is 14.6 Å². The summed E-state index contributed by atoms with van der Waals surface area (Å²) < 4.78 is 5.45. The van der Waals surface area contributed by atoms with Gasteiger partial charge in [-0.3, -0.25) is 9.69 Å². The fraction of sp³-hybridized carbons (Fsp3) is 0.917. The minimum Gasteiger partial charge on any atom is -0.394 e. The Hall–Kier alpha value is -0.690. The molecule has 2 aliphatic heterocycles. The van der Waals surface area contributed by atoms with Crippen LogP contribution in [0.5, 0.6) is 0 Å². The Labute approximate surface area is 108 Å². The topological polar surface area (TPSA) is 79.0 Å². The molecule has 1 atom stereocenters. The fourth-order valence-corrected chi connectivity index (χ4v) is 2.79. The second-order valence-electron chi connectivity index (χ2n) is 4.99. The van der Waals surface area contributed by atoms with Gasteiger partial charge in [-0.2, -0.15) is 0 Å². The smallest absolute Gasteiger partial charge is 0.236 e. The summed E-state index contributed by atoms with van der Waals surface area (Å²) >= 11 is 0. The van der Waals surface area contributed by atoms with Crippen LogP contribution in [-0.2, 0) is 9.53 Å². The number of nitrogens with two attached hydrogens (primary N) is 1. The molecule has 0 aromatic heterocycles. The maximum Gasteiger partial charge on any atom is 0.236 e. The third kappa shape index (κ3) is 3.20. The number of carbonyl (C=O) groups excluding carboxylic acids is 1. The lowest BCUT2D eigenvalue weighted by Gasteiger charge is -2.41. The van der Waals surface area contributed by atoms with E-state index in [4.69, 9.17) is 15.6 Å². The number of piperidine rings is 1. The zero-order valence-corrected chi connectivity index (χ0v) is 10.8. The quantitative estimate of drug-likeness (QED) is 0.652. The van der Waals surface area contributed by atoms with Crippen LogP contribution in [0.25, 0.3) is 0 Å². The number of hydrogen-bond acceptors (Lipinski definition) is 5. The Morgan fingerprint density at radius 1 is 1.33 bits per heavy atom. The van der Waals surface area contributed by atoms with Gasteiger partial charge in [-0.1, -0.05) is 0 Å². The average molecular weight is 257 g/mol. The molecule has 1 amide bonds. The first-order valence-corrected chi connectivity index (χ1v) is 6.69. The maximum atomic E-state index is 11.5. The summed E-state index contributed by atoms with van der Waals surface area (Å²) in [6.07, 6.45) is 1.93. The number of amides is 1. The summed E-state index contributed by atoms with van der Waals surface area (Å²) in [5.41, 5.74) is 5.37. The largest absolute Gasteiger partial charge is 0.394 e. The van der Waals surface area contributed by atoms with E-state index in [1.165, 1.54) is 0 Å². The van der Waals surface area contributed by atoms with E-state index < -0.39 is 0 Å². The van der Waals surface area contributed by atoms with E-state index >= 15 is 0 Å². The molecule has 2 fully saturated rings. The molecule has 3 N–H and O–H groups in total. The first-order chi connectivity index (χ1) is 8.74. The molecule has 2 rings (SSSR count). The molecule has 104 valence electrons. The van der Waals surface area contributed by atoms with Gasteiger partial charge in [-0.15, -0.1) is 0 Å². The monoisotopic (exact) mass is 257 g/mol. The highest BCUT2D eigenvalue weighted by molar-refractivity contribution is 5.78. The van der Waals surface area contributed by atoms with Gasteiger partial charge in [-0.05, 0) is 12.8 Å². The number of aliphatic hydroxyl groups excluding tert-OH is 1. The van der Waals surface area contributed by atoms with Crippen LogP contribution in [-0.4, -0.2) is 78.9 Å². The molecule has 0 aliphatic carbocycles. The van der Waals surface area contributed by atoms with Crippen molar-refractivity contribution in [3.63, 3.8) is 0 Å². The standard InChI is InChI=1S/C12H23N3O3/c13-7-12(17)14-3-1-10(2-4-14)15-5-6-18-11(8-15)9-16/h10-11,16H,1-9,13H2/t11-/m0/s1. The van der Waals surface area contributed by atoms with Crippen LogP contribution >= 0.6 is 0 Å². The van der Waals surface area contributed by atoms with Crippen molar-refractivity contribution in [1.29, 1.82) is 0 Å². The Balaban J connectivity index is 1.80. The number of ether oxygens (including phenoxy) is 1. The van der Waals surface area contributed by atoms with E-state index in [0.29, 0.717) is 12.6 Å². The van der Waals surface area contributed by atoms with Crippen molar-refractivity contribution in [2.24, 2.45) is 5.73 Å². The first kappa shape index (κ1) is 13.7. The predicted molar refractivity (Wildman–Crippen MR) is 67.1 cm³/mol. The Bertz CT molecular complexity index is 280. The van der Waals surface area contributed by atoms with Gasteiger partial charge in [-0.25, -0.2) is 0 Å². The lowest BCUT2D eigenvalue weighted by atomic mass is 10.0. The van der Waals surface area contributed by atoms with Crippen molar-refractivity contribution in [3.05, 3.63) is 0 Å². The molecule has 2 saturated heterocycles. The summed E-state index contributed by atoms with van der Waals surface area (Å²) in [5.74, 6) is 0.0451. The molecular weight excluding hydrogens is 234 g/mol. The molecule has 0 radical (unpaired) electrons. The van der Waals surface area contributed by atoms with Crippen LogP contribution in [0.2, 0.25) is 0 Å². The summed E-state index contributed by atoms with van der Waals surface area (Å²) in [6, 6.07) is 0.504. The molecule has 18 heavy (non-hydrogen) atoms. The second kappa shape index (κ2) is 6.47.